The predicted octanol–water partition coefficient (Wildman–Crippen LogP) is 18.2. The molecule has 0 bridgehead atoms. The van der Waals surface area contributed by atoms with Gasteiger partial charge in [-0.2, -0.15) is 0 Å². The monoisotopic (exact) mass is 873 g/mol. The molecule has 1 unspecified atom stereocenters. The van der Waals surface area contributed by atoms with Gasteiger partial charge in [0.15, 0.2) is 0 Å². The van der Waals surface area contributed by atoms with Gasteiger partial charge < -0.3 is 4.90 Å². The predicted molar refractivity (Wildman–Crippen MR) is 285 cm³/mol. The zero-order valence-corrected chi connectivity index (χ0v) is 38.6. The molecule has 0 fully saturated rings. The molecule has 2 aliphatic rings. The second-order valence-corrected chi connectivity index (χ2v) is 20.0. The Bertz CT molecular complexity index is 3730. The van der Waals surface area contributed by atoms with Gasteiger partial charge in [-0.15, -0.1) is 11.3 Å². The molecule has 10 aromatic carbocycles. The lowest BCUT2D eigenvalue weighted by molar-refractivity contribution is 0.662. The maximum Gasteiger partial charge on any atom is 0.0640 e. The van der Waals surface area contributed by atoms with E-state index in [2.05, 4.69) is 256 Å². The molecule has 67 heavy (non-hydrogen) atoms. The lowest BCUT2D eigenvalue weighted by atomic mass is 9.74. The summed E-state index contributed by atoms with van der Waals surface area (Å²) >= 11 is 1.87. The number of rotatable bonds is 7. The number of benzene rings is 10. The fraction of sp³-hybridized carbons (Fsp3) is 0.0769. The highest BCUT2D eigenvalue weighted by Gasteiger charge is 2.41. The van der Waals surface area contributed by atoms with E-state index in [0.29, 0.717) is 0 Å². The van der Waals surface area contributed by atoms with Crippen molar-refractivity contribution in [3.05, 3.63) is 258 Å². The number of hydrogen-bond donors (Lipinski definition) is 0. The van der Waals surface area contributed by atoms with Gasteiger partial charge in [0.1, 0.15) is 0 Å². The molecule has 0 spiro atoms. The first-order chi connectivity index (χ1) is 32.9. The zero-order chi connectivity index (χ0) is 44.9. The zero-order valence-electron chi connectivity index (χ0n) is 37.8. The third-order valence-corrected chi connectivity index (χ3v) is 16.2. The van der Waals surface area contributed by atoms with Gasteiger partial charge in [-0.05, 0) is 133 Å². The van der Waals surface area contributed by atoms with Crippen LogP contribution in [0.1, 0.15) is 48.6 Å². The van der Waals surface area contributed by atoms with Gasteiger partial charge in [-0.25, -0.2) is 0 Å². The number of fused-ring (bicyclic) bond motifs is 9. The fourth-order valence-electron chi connectivity index (χ4n) is 11.7. The molecule has 2 heteroatoms. The summed E-state index contributed by atoms with van der Waals surface area (Å²) in [6.45, 7) is 7.15. The van der Waals surface area contributed by atoms with Crippen molar-refractivity contribution in [3.63, 3.8) is 0 Å². The summed E-state index contributed by atoms with van der Waals surface area (Å²) < 4.78 is 2.58. The Kier molecular flexibility index (Phi) is 8.94. The van der Waals surface area contributed by atoms with E-state index in [1.807, 2.05) is 11.3 Å². The van der Waals surface area contributed by atoms with Crippen molar-refractivity contribution in [2.45, 2.75) is 31.6 Å². The van der Waals surface area contributed by atoms with Gasteiger partial charge in [-0.1, -0.05) is 202 Å². The minimum Gasteiger partial charge on any atom is -0.309 e. The van der Waals surface area contributed by atoms with E-state index in [9.17, 15) is 0 Å². The van der Waals surface area contributed by atoms with Crippen LogP contribution in [0.2, 0.25) is 0 Å². The minimum atomic E-state index is -0.251. The molecule has 318 valence electrons. The van der Waals surface area contributed by atoms with Crippen LogP contribution in [-0.4, -0.2) is 0 Å². The van der Waals surface area contributed by atoms with Crippen molar-refractivity contribution in [2.24, 2.45) is 0 Å². The summed E-state index contributed by atoms with van der Waals surface area (Å²) in [7, 11) is 0. The Labute approximate surface area is 396 Å². The molecule has 1 nitrogen and oxygen atoms in total. The van der Waals surface area contributed by atoms with E-state index in [-0.39, 0.29) is 10.8 Å². The number of nitrogens with zero attached hydrogens (tertiary/aromatic N) is 1. The maximum absolute atomic E-state index is 2.45. The number of anilines is 3. The van der Waals surface area contributed by atoms with Gasteiger partial charge in [0.25, 0.3) is 0 Å². The Balaban J connectivity index is 0.913. The van der Waals surface area contributed by atoms with Crippen LogP contribution in [0, 0.1) is 0 Å². The van der Waals surface area contributed by atoms with Gasteiger partial charge in [0.2, 0.25) is 0 Å². The Morgan fingerprint density at radius 3 is 1.63 bits per heavy atom. The smallest absolute Gasteiger partial charge is 0.0640 e. The molecule has 1 aromatic heterocycles. The molecule has 1 atom stereocenters. The molecule has 13 rings (SSSR count). The Morgan fingerprint density at radius 1 is 0.358 bits per heavy atom. The maximum atomic E-state index is 2.45. The van der Waals surface area contributed by atoms with Crippen molar-refractivity contribution < 1.29 is 0 Å². The third kappa shape index (κ3) is 5.99. The van der Waals surface area contributed by atoms with Crippen molar-refractivity contribution in [3.8, 4) is 55.6 Å². The lowest BCUT2D eigenvalue weighted by Crippen LogP contribution is -2.22. The summed E-state index contributed by atoms with van der Waals surface area (Å²) in [5.74, 6) is 0. The quantitative estimate of drug-likeness (QED) is 0.154. The van der Waals surface area contributed by atoms with Crippen LogP contribution in [0.4, 0.5) is 17.1 Å². The molecule has 0 saturated carbocycles. The van der Waals surface area contributed by atoms with Crippen LogP contribution >= 0.6 is 11.3 Å². The van der Waals surface area contributed by atoms with E-state index in [0.717, 1.165) is 11.4 Å². The Hall–Kier alpha value is -7.78. The van der Waals surface area contributed by atoms with Gasteiger partial charge in [0, 0.05) is 37.7 Å². The van der Waals surface area contributed by atoms with Crippen LogP contribution in [0.25, 0.3) is 75.8 Å². The van der Waals surface area contributed by atoms with E-state index >= 15 is 0 Å². The van der Waals surface area contributed by atoms with Gasteiger partial charge >= 0.3 is 0 Å². The molecule has 1 heterocycles. The molecule has 0 radical (unpaired) electrons. The lowest BCUT2D eigenvalue weighted by Gasteiger charge is -2.28. The average molecular weight is 874 g/mol. The van der Waals surface area contributed by atoms with E-state index in [1.165, 1.54) is 109 Å². The van der Waals surface area contributed by atoms with Crippen LogP contribution in [0.3, 0.4) is 0 Å². The average Bonchev–Trinajstić information content (AvgIpc) is 3.98. The summed E-state index contributed by atoms with van der Waals surface area (Å²) in [6.07, 6.45) is 0. The molecule has 0 N–H and O–H groups in total. The summed E-state index contributed by atoms with van der Waals surface area (Å²) in [4.78, 5) is 2.45. The standard InChI is InChI=1S/C65H47NS/c1-64(2)57-27-12-9-22-51(57)55-25-15-24-54(62(55)64)49-20-8-7-19-48(49)43-33-38-47(39-34-43)66(60-29-16-26-56-53-23-11-14-30-61(53)67-63(56)60)46-36-31-42(32-37-46)44-35-40-52-50-21-10-13-28-58(50)65(3,59(52)41-44)45-17-5-4-6-18-45/h4-41H,1-3H3. The minimum absolute atomic E-state index is 0.113. The SMILES string of the molecule is CC1(C)c2ccccc2-c2cccc(-c3ccccc3-c3ccc(N(c4ccc(-c5ccc6c(c5)C(C)(c5ccccc5)c5ccccc5-6)cc4)c4cccc5c4sc4ccccc45)cc3)c21. The van der Waals surface area contributed by atoms with E-state index in [1.54, 1.807) is 0 Å². The summed E-state index contributed by atoms with van der Waals surface area (Å²) in [6, 6.07) is 85.8. The van der Waals surface area contributed by atoms with E-state index in [4.69, 9.17) is 0 Å². The Morgan fingerprint density at radius 2 is 0.881 bits per heavy atom. The highest BCUT2D eigenvalue weighted by Crippen LogP contribution is 2.55. The summed E-state index contributed by atoms with van der Waals surface area (Å²) in [5.41, 5.74) is 22.6. The normalized spacial score (nSPS) is 15.3. The second-order valence-electron chi connectivity index (χ2n) is 18.9. The number of hydrogen-bond acceptors (Lipinski definition) is 2. The molecular formula is C65H47NS. The number of thiophene rings is 1. The molecule has 0 amide bonds. The third-order valence-electron chi connectivity index (χ3n) is 15.0. The highest BCUT2D eigenvalue weighted by atomic mass is 32.1. The van der Waals surface area contributed by atoms with Crippen LogP contribution in [-0.2, 0) is 10.8 Å². The first kappa shape index (κ1) is 39.6. The first-order valence-electron chi connectivity index (χ1n) is 23.4. The van der Waals surface area contributed by atoms with Crippen LogP contribution in [0.5, 0.6) is 0 Å². The molecular weight excluding hydrogens is 827 g/mol. The molecule has 0 aliphatic heterocycles. The van der Waals surface area contributed by atoms with Crippen LogP contribution in [0.15, 0.2) is 231 Å². The largest absolute Gasteiger partial charge is 0.309 e. The van der Waals surface area contributed by atoms with Crippen molar-refractivity contribution in [2.75, 3.05) is 4.90 Å². The first-order valence-corrected chi connectivity index (χ1v) is 24.2. The van der Waals surface area contributed by atoms with Crippen molar-refractivity contribution in [1.82, 2.24) is 0 Å². The van der Waals surface area contributed by atoms with Gasteiger partial charge in [0.05, 0.1) is 10.4 Å². The van der Waals surface area contributed by atoms with Gasteiger partial charge in [-0.3, -0.25) is 0 Å². The fourth-order valence-corrected chi connectivity index (χ4v) is 12.9. The van der Waals surface area contributed by atoms with Crippen molar-refractivity contribution >= 4 is 48.6 Å². The molecule has 0 saturated heterocycles. The molecule has 2 aliphatic carbocycles. The molecule has 11 aromatic rings. The van der Waals surface area contributed by atoms with Crippen LogP contribution < -0.4 is 4.90 Å². The topological polar surface area (TPSA) is 3.24 Å². The van der Waals surface area contributed by atoms with E-state index < -0.39 is 0 Å². The second kappa shape index (κ2) is 15.1. The van der Waals surface area contributed by atoms with Crippen molar-refractivity contribution in [1.29, 1.82) is 0 Å². The highest BCUT2D eigenvalue weighted by molar-refractivity contribution is 7.26. The summed E-state index contributed by atoms with van der Waals surface area (Å²) in [5, 5.41) is 2.58.